The Bertz CT molecular complexity index is 120. The molecule has 1 rings (SSSR count). The van der Waals surface area contributed by atoms with Gasteiger partial charge in [-0.3, -0.25) is 0 Å². The third-order valence-electron chi connectivity index (χ3n) is 2.97. The summed E-state index contributed by atoms with van der Waals surface area (Å²) in [6.45, 7) is 0. The summed E-state index contributed by atoms with van der Waals surface area (Å²) in [7, 11) is 0. The standard InChI is InChI=1S/C11H23NO/c12-11(13)9-7-5-3-1-2-4-6-8-10-11/h13H,1-10,12H2. The van der Waals surface area contributed by atoms with Crippen molar-refractivity contribution in [1.29, 1.82) is 0 Å². The second kappa shape index (κ2) is 5.61. The van der Waals surface area contributed by atoms with E-state index in [0.717, 1.165) is 25.7 Å². The van der Waals surface area contributed by atoms with Gasteiger partial charge in [0.2, 0.25) is 0 Å². The van der Waals surface area contributed by atoms with Crippen LogP contribution in [0.15, 0.2) is 0 Å². The van der Waals surface area contributed by atoms with Crippen molar-refractivity contribution in [3.8, 4) is 0 Å². The summed E-state index contributed by atoms with van der Waals surface area (Å²) in [6.07, 6.45) is 11.6. The van der Waals surface area contributed by atoms with Crippen molar-refractivity contribution < 1.29 is 5.11 Å². The Morgan fingerprint density at radius 1 is 0.692 bits per heavy atom. The normalized spacial score (nSPS) is 26.3. The van der Waals surface area contributed by atoms with Crippen LogP contribution in [0.5, 0.6) is 0 Å². The lowest BCUT2D eigenvalue weighted by atomic mass is 10.00. The van der Waals surface area contributed by atoms with E-state index >= 15 is 0 Å². The Labute approximate surface area is 81.5 Å². The molecule has 1 fully saturated rings. The van der Waals surface area contributed by atoms with Gasteiger partial charge in [-0.05, 0) is 25.7 Å². The van der Waals surface area contributed by atoms with Crippen molar-refractivity contribution in [1.82, 2.24) is 0 Å². The van der Waals surface area contributed by atoms with Crippen LogP contribution in [0.4, 0.5) is 0 Å². The molecular formula is C11H23NO. The van der Waals surface area contributed by atoms with Gasteiger partial charge in [-0.25, -0.2) is 0 Å². The van der Waals surface area contributed by atoms with Gasteiger partial charge in [0.15, 0.2) is 0 Å². The van der Waals surface area contributed by atoms with Gasteiger partial charge >= 0.3 is 0 Å². The molecule has 2 heteroatoms. The molecule has 0 aromatic rings. The fraction of sp³-hybridized carbons (Fsp3) is 1.00. The predicted octanol–water partition coefficient (Wildman–Crippen LogP) is 2.55. The second-order valence-electron chi connectivity index (χ2n) is 4.43. The highest BCUT2D eigenvalue weighted by Gasteiger charge is 2.19. The predicted molar refractivity (Wildman–Crippen MR) is 55.3 cm³/mol. The smallest absolute Gasteiger partial charge is 0.113 e. The topological polar surface area (TPSA) is 46.2 Å². The van der Waals surface area contributed by atoms with Gasteiger partial charge in [-0.1, -0.05) is 38.5 Å². The molecule has 0 spiro atoms. The molecule has 1 aliphatic rings. The van der Waals surface area contributed by atoms with Crippen LogP contribution in [-0.4, -0.2) is 10.8 Å². The van der Waals surface area contributed by atoms with Crippen LogP contribution in [0.25, 0.3) is 0 Å². The van der Waals surface area contributed by atoms with Gasteiger partial charge in [-0.15, -0.1) is 0 Å². The van der Waals surface area contributed by atoms with Crippen molar-refractivity contribution in [2.45, 2.75) is 69.9 Å². The Morgan fingerprint density at radius 2 is 1.00 bits per heavy atom. The van der Waals surface area contributed by atoms with Crippen LogP contribution in [0.1, 0.15) is 64.2 Å². The zero-order valence-corrected chi connectivity index (χ0v) is 8.60. The number of nitrogens with two attached hydrogens (primary N) is 1. The summed E-state index contributed by atoms with van der Waals surface area (Å²) in [4.78, 5) is 0. The minimum absolute atomic E-state index is 0.785. The molecule has 78 valence electrons. The Kier molecular flexibility index (Phi) is 4.74. The highest BCUT2D eigenvalue weighted by Crippen LogP contribution is 2.20. The third kappa shape index (κ3) is 5.27. The summed E-state index contributed by atoms with van der Waals surface area (Å²) in [5.41, 5.74) is 4.90. The molecule has 0 aromatic carbocycles. The van der Waals surface area contributed by atoms with E-state index in [9.17, 15) is 5.11 Å². The molecule has 0 atom stereocenters. The van der Waals surface area contributed by atoms with Gasteiger partial charge < -0.3 is 10.8 Å². The van der Waals surface area contributed by atoms with E-state index in [1.54, 1.807) is 0 Å². The Morgan fingerprint density at radius 3 is 1.38 bits per heavy atom. The molecule has 0 radical (unpaired) electrons. The molecule has 0 saturated heterocycles. The van der Waals surface area contributed by atoms with Crippen molar-refractivity contribution in [3.05, 3.63) is 0 Å². The molecule has 1 saturated carbocycles. The molecule has 0 amide bonds. The first-order valence-electron chi connectivity index (χ1n) is 5.72. The Balaban J connectivity index is 2.27. The van der Waals surface area contributed by atoms with Crippen LogP contribution in [0.3, 0.4) is 0 Å². The molecule has 0 unspecified atom stereocenters. The Hall–Kier alpha value is -0.0800. The molecule has 0 bridgehead atoms. The number of aliphatic hydroxyl groups is 1. The molecule has 1 aliphatic carbocycles. The van der Waals surface area contributed by atoms with E-state index in [1.165, 1.54) is 38.5 Å². The van der Waals surface area contributed by atoms with E-state index in [4.69, 9.17) is 5.73 Å². The lowest BCUT2D eigenvalue weighted by Crippen LogP contribution is -2.39. The van der Waals surface area contributed by atoms with Gasteiger partial charge in [0.1, 0.15) is 5.72 Å². The fourth-order valence-corrected chi connectivity index (χ4v) is 2.05. The number of hydrogen-bond donors (Lipinski definition) is 2. The average molecular weight is 185 g/mol. The average Bonchev–Trinajstić information content (AvgIpc) is 2.10. The second-order valence-corrected chi connectivity index (χ2v) is 4.43. The summed E-state index contributed by atoms with van der Waals surface area (Å²) in [5.74, 6) is 0. The van der Waals surface area contributed by atoms with E-state index in [-0.39, 0.29) is 0 Å². The SMILES string of the molecule is NC1(O)CCCCCCCCCC1. The maximum absolute atomic E-state index is 9.77. The van der Waals surface area contributed by atoms with E-state index in [1.807, 2.05) is 0 Å². The lowest BCUT2D eigenvalue weighted by molar-refractivity contribution is 0.0245. The minimum atomic E-state index is -0.871. The van der Waals surface area contributed by atoms with Crippen LogP contribution in [0.2, 0.25) is 0 Å². The summed E-state index contributed by atoms with van der Waals surface area (Å²) < 4.78 is 0. The summed E-state index contributed by atoms with van der Waals surface area (Å²) >= 11 is 0. The minimum Gasteiger partial charge on any atom is -0.376 e. The first-order valence-corrected chi connectivity index (χ1v) is 5.72. The molecular weight excluding hydrogens is 162 g/mol. The van der Waals surface area contributed by atoms with Gasteiger partial charge in [-0.2, -0.15) is 0 Å². The van der Waals surface area contributed by atoms with E-state index in [0.29, 0.717) is 0 Å². The third-order valence-corrected chi connectivity index (χ3v) is 2.97. The summed E-state index contributed by atoms with van der Waals surface area (Å²) in [5, 5.41) is 9.77. The summed E-state index contributed by atoms with van der Waals surface area (Å²) in [6, 6.07) is 0. The van der Waals surface area contributed by atoms with Gasteiger partial charge in [0.05, 0.1) is 0 Å². The quantitative estimate of drug-likeness (QED) is 0.570. The largest absolute Gasteiger partial charge is 0.376 e. The number of rotatable bonds is 0. The zero-order chi connectivity index (χ0) is 9.57. The molecule has 13 heavy (non-hydrogen) atoms. The zero-order valence-electron chi connectivity index (χ0n) is 8.60. The molecule has 3 N–H and O–H groups in total. The molecule has 0 aromatic heterocycles. The lowest BCUT2D eigenvalue weighted by Gasteiger charge is -2.22. The van der Waals surface area contributed by atoms with Crippen LogP contribution < -0.4 is 5.73 Å². The molecule has 0 aliphatic heterocycles. The first kappa shape index (κ1) is 11.0. The van der Waals surface area contributed by atoms with E-state index in [2.05, 4.69) is 0 Å². The van der Waals surface area contributed by atoms with Crippen LogP contribution in [-0.2, 0) is 0 Å². The van der Waals surface area contributed by atoms with Gasteiger partial charge in [0.25, 0.3) is 0 Å². The van der Waals surface area contributed by atoms with Gasteiger partial charge in [0, 0.05) is 0 Å². The van der Waals surface area contributed by atoms with Crippen LogP contribution >= 0.6 is 0 Å². The molecule has 2 nitrogen and oxygen atoms in total. The van der Waals surface area contributed by atoms with Crippen LogP contribution in [0, 0.1) is 0 Å². The van der Waals surface area contributed by atoms with Crippen molar-refractivity contribution in [2.75, 3.05) is 0 Å². The maximum Gasteiger partial charge on any atom is 0.113 e. The monoisotopic (exact) mass is 185 g/mol. The maximum atomic E-state index is 9.77. The van der Waals surface area contributed by atoms with Crippen molar-refractivity contribution >= 4 is 0 Å². The fourth-order valence-electron chi connectivity index (χ4n) is 2.05. The van der Waals surface area contributed by atoms with Crippen molar-refractivity contribution in [2.24, 2.45) is 5.73 Å². The first-order chi connectivity index (χ1) is 6.21. The van der Waals surface area contributed by atoms with E-state index < -0.39 is 5.72 Å². The highest BCUT2D eigenvalue weighted by atomic mass is 16.3. The highest BCUT2D eigenvalue weighted by molar-refractivity contribution is 4.71. The molecule has 0 heterocycles. The number of hydrogen-bond acceptors (Lipinski definition) is 2. The van der Waals surface area contributed by atoms with Crippen molar-refractivity contribution in [3.63, 3.8) is 0 Å².